The molecule has 0 aliphatic heterocycles. The van der Waals surface area contributed by atoms with E-state index in [1.54, 1.807) is 48.5 Å². The second-order valence-electron chi connectivity index (χ2n) is 3.85. The third kappa shape index (κ3) is 3.79. The van der Waals surface area contributed by atoms with Crippen LogP contribution in [-0.4, -0.2) is 5.71 Å². The SMILES string of the molecule is N#CC(C#N)=NNc1ccc(Oc2ccccc2F)cc1. The van der Waals surface area contributed by atoms with Gasteiger partial charge >= 0.3 is 0 Å². The molecule has 0 saturated carbocycles. The maximum absolute atomic E-state index is 13.4. The highest BCUT2D eigenvalue weighted by Crippen LogP contribution is 2.25. The molecule has 0 bridgehead atoms. The number of nitrogens with zero attached hydrogens (tertiary/aromatic N) is 3. The molecule has 0 aliphatic carbocycles. The first-order chi connectivity index (χ1) is 10.2. The number of ether oxygens (including phenoxy) is 1. The first-order valence-corrected chi connectivity index (χ1v) is 5.89. The molecular formula is C15H9FN4O. The van der Waals surface area contributed by atoms with Crippen LogP contribution in [0.4, 0.5) is 10.1 Å². The first kappa shape index (κ1) is 14.0. The number of benzene rings is 2. The van der Waals surface area contributed by atoms with Gasteiger partial charge in [-0.15, -0.1) is 0 Å². The van der Waals surface area contributed by atoms with Crippen LogP contribution >= 0.6 is 0 Å². The van der Waals surface area contributed by atoms with Crippen molar-refractivity contribution in [1.82, 2.24) is 0 Å². The second kappa shape index (κ2) is 6.69. The van der Waals surface area contributed by atoms with E-state index in [4.69, 9.17) is 15.3 Å². The molecule has 102 valence electrons. The molecule has 21 heavy (non-hydrogen) atoms. The van der Waals surface area contributed by atoms with Gasteiger partial charge in [0.2, 0.25) is 5.71 Å². The van der Waals surface area contributed by atoms with Crippen LogP contribution in [0.15, 0.2) is 53.6 Å². The monoisotopic (exact) mass is 280 g/mol. The predicted molar refractivity (Wildman–Crippen MR) is 75.2 cm³/mol. The Kier molecular flexibility index (Phi) is 4.47. The van der Waals surface area contributed by atoms with E-state index >= 15 is 0 Å². The van der Waals surface area contributed by atoms with Gasteiger partial charge in [-0.3, -0.25) is 5.43 Å². The van der Waals surface area contributed by atoms with E-state index < -0.39 is 5.82 Å². The average molecular weight is 280 g/mol. The summed E-state index contributed by atoms with van der Waals surface area (Å²) < 4.78 is 18.8. The highest BCUT2D eigenvalue weighted by Gasteiger charge is 2.03. The Labute approximate surface area is 120 Å². The predicted octanol–water partition coefficient (Wildman–Crippen LogP) is 3.43. The molecule has 2 aromatic rings. The van der Waals surface area contributed by atoms with Gasteiger partial charge in [0, 0.05) is 0 Å². The molecule has 0 saturated heterocycles. The van der Waals surface area contributed by atoms with Gasteiger partial charge in [-0.25, -0.2) is 4.39 Å². The van der Waals surface area contributed by atoms with E-state index in [2.05, 4.69) is 10.5 Å². The van der Waals surface area contributed by atoms with Gasteiger partial charge in [0.1, 0.15) is 17.9 Å². The molecule has 6 heteroatoms. The molecule has 5 nitrogen and oxygen atoms in total. The smallest absolute Gasteiger partial charge is 0.237 e. The molecule has 2 aromatic carbocycles. The summed E-state index contributed by atoms with van der Waals surface area (Å²) in [6, 6.07) is 15.8. The number of rotatable bonds is 4. The van der Waals surface area contributed by atoms with Crippen LogP contribution in [0, 0.1) is 28.5 Å². The summed E-state index contributed by atoms with van der Waals surface area (Å²) in [4.78, 5) is 0. The van der Waals surface area contributed by atoms with Crippen molar-refractivity contribution in [2.45, 2.75) is 0 Å². The fourth-order valence-corrected chi connectivity index (χ4v) is 1.45. The van der Waals surface area contributed by atoms with Crippen molar-refractivity contribution >= 4 is 11.4 Å². The van der Waals surface area contributed by atoms with Crippen LogP contribution in [0.2, 0.25) is 0 Å². The minimum atomic E-state index is -0.447. The maximum atomic E-state index is 13.4. The third-order valence-electron chi connectivity index (χ3n) is 2.43. The average Bonchev–Trinajstić information content (AvgIpc) is 2.52. The van der Waals surface area contributed by atoms with E-state index in [9.17, 15) is 4.39 Å². The molecule has 0 radical (unpaired) electrons. The van der Waals surface area contributed by atoms with Gasteiger partial charge in [0.25, 0.3) is 0 Å². The Bertz CT molecular complexity index is 726. The number of hydrazone groups is 1. The quantitative estimate of drug-likeness (QED) is 0.687. The van der Waals surface area contributed by atoms with E-state index in [1.165, 1.54) is 12.1 Å². The maximum Gasteiger partial charge on any atom is 0.237 e. The van der Waals surface area contributed by atoms with E-state index in [-0.39, 0.29) is 11.5 Å². The van der Waals surface area contributed by atoms with Crippen LogP contribution in [0.3, 0.4) is 0 Å². The van der Waals surface area contributed by atoms with Crippen molar-refractivity contribution < 1.29 is 9.13 Å². The summed E-state index contributed by atoms with van der Waals surface area (Å²) in [7, 11) is 0. The Morgan fingerprint density at radius 1 is 1.05 bits per heavy atom. The topological polar surface area (TPSA) is 81.2 Å². The minimum Gasteiger partial charge on any atom is -0.454 e. The summed E-state index contributed by atoms with van der Waals surface area (Å²) in [5.41, 5.74) is 2.85. The molecule has 0 spiro atoms. The van der Waals surface area contributed by atoms with Crippen molar-refractivity contribution in [1.29, 1.82) is 10.5 Å². The number of para-hydroxylation sites is 1. The van der Waals surface area contributed by atoms with Gasteiger partial charge in [0.15, 0.2) is 11.6 Å². The molecule has 0 aliphatic rings. The number of anilines is 1. The molecular weight excluding hydrogens is 271 g/mol. The van der Waals surface area contributed by atoms with Crippen molar-refractivity contribution in [2.75, 3.05) is 5.43 Å². The molecule has 0 fully saturated rings. The number of nitrogens with one attached hydrogen (secondary N) is 1. The Hall–Kier alpha value is -3.38. The lowest BCUT2D eigenvalue weighted by molar-refractivity contribution is 0.442. The molecule has 1 N–H and O–H groups in total. The third-order valence-corrected chi connectivity index (χ3v) is 2.43. The second-order valence-corrected chi connectivity index (χ2v) is 3.85. The molecule has 0 unspecified atom stereocenters. The Balaban J connectivity index is 2.07. The lowest BCUT2D eigenvalue weighted by atomic mass is 10.3. The molecule has 2 rings (SSSR count). The van der Waals surface area contributed by atoms with E-state index in [1.807, 2.05) is 0 Å². The van der Waals surface area contributed by atoms with Crippen molar-refractivity contribution in [3.63, 3.8) is 0 Å². The fraction of sp³-hybridized carbons (Fsp3) is 0. The zero-order valence-corrected chi connectivity index (χ0v) is 10.7. The number of nitriles is 2. The normalized spacial score (nSPS) is 9.10. The standard InChI is InChI=1S/C15H9FN4O/c16-14-3-1-2-4-15(14)21-13-7-5-11(6-8-13)19-20-12(9-17)10-18/h1-8,19H. The van der Waals surface area contributed by atoms with Gasteiger partial charge in [-0.05, 0) is 36.4 Å². The number of hydrogen-bond acceptors (Lipinski definition) is 5. The highest BCUT2D eigenvalue weighted by atomic mass is 19.1. The Morgan fingerprint density at radius 2 is 1.71 bits per heavy atom. The lowest BCUT2D eigenvalue weighted by Crippen LogP contribution is -1.96. The summed E-state index contributed by atoms with van der Waals surface area (Å²) >= 11 is 0. The summed E-state index contributed by atoms with van der Waals surface area (Å²) in [5, 5.41) is 20.7. The summed E-state index contributed by atoms with van der Waals surface area (Å²) in [5.74, 6) is 0.139. The van der Waals surface area contributed by atoms with Crippen LogP contribution < -0.4 is 10.2 Å². The fourth-order valence-electron chi connectivity index (χ4n) is 1.45. The lowest BCUT2D eigenvalue weighted by Gasteiger charge is -2.07. The van der Waals surface area contributed by atoms with Crippen molar-refractivity contribution in [3.8, 4) is 23.6 Å². The zero-order valence-electron chi connectivity index (χ0n) is 10.7. The van der Waals surface area contributed by atoms with E-state index in [0.717, 1.165) is 0 Å². The van der Waals surface area contributed by atoms with Crippen LogP contribution in [0.5, 0.6) is 11.5 Å². The van der Waals surface area contributed by atoms with Gasteiger partial charge in [-0.2, -0.15) is 15.6 Å². The van der Waals surface area contributed by atoms with Gasteiger partial charge in [0.05, 0.1) is 5.69 Å². The number of hydrogen-bond donors (Lipinski definition) is 1. The number of halogens is 1. The Morgan fingerprint density at radius 3 is 2.33 bits per heavy atom. The van der Waals surface area contributed by atoms with Crippen LogP contribution in [0.25, 0.3) is 0 Å². The van der Waals surface area contributed by atoms with Gasteiger partial charge in [-0.1, -0.05) is 12.1 Å². The highest BCUT2D eigenvalue weighted by molar-refractivity contribution is 6.10. The van der Waals surface area contributed by atoms with Crippen molar-refractivity contribution in [3.05, 3.63) is 54.3 Å². The molecule has 0 atom stereocenters. The molecule has 0 amide bonds. The molecule has 0 heterocycles. The summed E-state index contributed by atoms with van der Waals surface area (Å²) in [6.45, 7) is 0. The molecule has 0 aromatic heterocycles. The zero-order chi connectivity index (χ0) is 15.1. The van der Waals surface area contributed by atoms with Crippen LogP contribution in [-0.2, 0) is 0 Å². The van der Waals surface area contributed by atoms with Crippen molar-refractivity contribution in [2.24, 2.45) is 5.10 Å². The minimum absolute atomic E-state index is 0.132. The first-order valence-electron chi connectivity index (χ1n) is 5.89. The summed E-state index contributed by atoms with van der Waals surface area (Å²) in [6.07, 6.45) is 0. The van der Waals surface area contributed by atoms with Gasteiger partial charge < -0.3 is 4.74 Å². The van der Waals surface area contributed by atoms with Crippen LogP contribution in [0.1, 0.15) is 0 Å². The van der Waals surface area contributed by atoms with E-state index in [0.29, 0.717) is 11.4 Å². The largest absolute Gasteiger partial charge is 0.454 e.